The number of thioether (sulfide) groups is 1. The number of amides is 2. The molecule has 0 bridgehead atoms. The van der Waals surface area contributed by atoms with Crippen LogP contribution in [-0.4, -0.2) is 11.8 Å². The highest BCUT2D eigenvalue weighted by atomic mass is 32.2. The fraction of sp³-hybridized carbons (Fsp3) is 0.143. The fourth-order valence-electron chi connectivity index (χ4n) is 2.90. The molecule has 6 heteroatoms. The van der Waals surface area contributed by atoms with Crippen LogP contribution >= 0.6 is 11.8 Å². The zero-order valence-corrected chi connectivity index (χ0v) is 15.7. The zero-order chi connectivity index (χ0) is 19.4. The van der Waals surface area contributed by atoms with Gasteiger partial charge in [-0.05, 0) is 65.8 Å². The predicted octanol–water partition coefficient (Wildman–Crippen LogP) is 4.96. The molecule has 0 saturated heterocycles. The molecule has 0 fully saturated rings. The molecular formula is C21H19FN2O2S. The molecule has 1 aliphatic heterocycles. The van der Waals surface area contributed by atoms with Crippen molar-refractivity contribution in [3.63, 3.8) is 0 Å². The van der Waals surface area contributed by atoms with E-state index in [1.807, 2.05) is 6.07 Å². The second-order valence-corrected chi connectivity index (χ2v) is 7.10. The molecule has 3 rings (SSSR count). The lowest BCUT2D eigenvalue weighted by Crippen LogP contribution is -2.19. The minimum Gasteiger partial charge on any atom is -0.326 e. The number of rotatable bonds is 5. The molecule has 0 radical (unpaired) electrons. The first-order chi connectivity index (χ1) is 13.0. The molecule has 27 heavy (non-hydrogen) atoms. The number of hydrogen-bond acceptors (Lipinski definition) is 3. The highest BCUT2D eigenvalue weighted by Crippen LogP contribution is 2.30. The Morgan fingerprint density at radius 1 is 1.26 bits per heavy atom. The Morgan fingerprint density at radius 3 is 2.81 bits per heavy atom. The number of hydrogen-bond donors (Lipinski definition) is 2. The second-order valence-electron chi connectivity index (χ2n) is 6.12. The third-order valence-electron chi connectivity index (χ3n) is 4.26. The summed E-state index contributed by atoms with van der Waals surface area (Å²) in [5.74, 6) is -0.647. The Kier molecular flexibility index (Phi) is 5.76. The van der Waals surface area contributed by atoms with E-state index >= 15 is 0 Å². The summed E-state index contributed by atoms with van der Waals surface area (Å²) in [6.45, 7) is 5.46. The van der Waals surface area contributed by atoms with E-state index in [0.717, 1.165) is 11.3 Å². The van der Waals surface area contributed by atoms with E-state index in [-0.39, 0.29) is 17.6 Å². The van der Waals surface area contributed by atoms with Gasteiger partial charge >= 0.3 is 0 Å². The van der Waals surface area contributed by atoms with Gasteiger partial charge in [0.1, 0.15) is 5.82 Å². The largest absolute Gasteiger partial charge is 0.326 e. The molecule has 2 N–H and O–H groups in total. The Hall–Kier alpha value is -2.86. The van der Waals surface area contributed by atoms with Crippen LogP contribution in [0.3, 0.4) is 0 Å². The summed E-state index contributed by atoms with van der Waals surface area (Å²) in [6, 6.07) is 11.5. The van der Waals surface area contributed by atoms with Crippen molar-refractivity contribution in [1.82, 2.24) is 0 Å². The van der Waals surface area contributed by atoms with Crippen LogP contribution in [0.25, 0.3) is 5.57 Å². The average molecular weight is 382 g/mol. The smallest absolute Gasteiger partial charge is 0.262 e. The molecule has 2 aromatic carbocycles. The van der Waals surface area contributed by atoms with Crippen molar-refractivity contribution >= 4 is 40.5 Å². The van der Waals surface area contributed by atoms with Gasteiger partial charge in [0.15, 0.2) is 0 Å². The van der Waals surface area contributed by atoms with Crippen molar-refractivity contribution in [2.24, 2.45) is 0 Å². The summed E-state index contributed by atoms with van der Waals surface area (Å²) in [7, 11) is 0. The first-order valence-corrected chi connectivity index (χ1v) is 9.34. The number of anilines is 2. The Bertz CT molecular complexity index is 953. The topological polar surface area (TPSA) is 58.2 Å². The molecule has 0 atom stereocenters. The normalized spacial score (nSPS) is 13.9. The highest BCUT2D eigenvalue weighted by molar-refractivity contribution is 8.06. The quantitative estimate of drug-likeness (QED) is 0.719. The average Bonchev–Trinajstić information content (AvgIpc) is 2.65. The Morgan fingerprint density at radius 2 is 2.07 bits per heavy atom. The van der Waals surface area contributed by atoms with E-state index in [2.05, 4.69) is 17.2 Å². The lowest BCUT2D eigenvalue weighted by molar-refractivity contribution is -0.116. The number of allylic oxidation sites excluding steroid dienone is 1. The summed E-state index contributed by atoms with van der Waals surface area (Å²) in [4.78, 5) is 24.7. The van der Waals surface area contributed by atoms with E-state index in [9.17, 15) is 14.0 Å². The van der Waals surface area contributed by atoms with Crippen molar-refractivity contribution in [2.45, 2.75) is 19.8 Å². The van der Waals surface area contributed by atoms with Gasteiger partial charge in [-0.1, -0.05) is 30.5 Å². The van der Waals surface area contributed by atoms with E-state index in [1.54, 1.807) is 36.6 Å². The van der Waals surface area contributed by atoms with Gasteiger partial charge in [0.2, 0.25) is 5.91 Å². The Balaban J connectivity index is 1.87. The number of fused-ring (bicyclic) bond motifs is 1. The summed E-state index contributed by atoms with van der Waals surface area (Å²) >= 11 is 1.19. The molecule has 0 spiro atoms. The number of carbonyl (C=O) groups excluding carboxylic acids is 2. The first-order valence-electron chi connectivity index (χ1n) is 8.46. The maximum Gasteiger partial charge on any atom is 0.262 e. The van der Waals surface area contributed by atoms with E-state index < -0.39 is 0 Å². The van der Waals surface area contributed by atoms with Gasteiger partial charge in [-0.25, -0.2) is 4.39 Å². The number of carbonyl (C=O) groups is 2. The van der Waals surface area contributed by atoms with Crippen molar-refractivity contribution in [1.29, 1.82) is 0 Å². The van der Waals surface area contributed by atoms with Crippen LogP contribution in [0, 0.1) is 5.82 Å². The third-order valence-corrected chi connectivity index (χ3v) is 5.16. The monoisotopic (exact) mass is 382 g/mol. The molecule has 0 saturated carbocycles. The molecule has 4 nitrogen and oxygen atoms in total. The van der Waals surface area contributed by atoms with Crippen molar-refractivity contribution in [2.75, 3.05) is 10.6 Å². The molecule has 1 aliphatic rings. The molecule has 1 heterocycles. The van der Waals surface area contributed by atoms with Crippen molar-refractivity contribution < 1.29 is 14.0 Å². The van der Waals surface area contributed by atoms with Gasteiger partial charge in [0.05, 0.1) is 4.91 Å². The summed E-state index contributed by atoms with van der Waals surface area (Å²) in [5.41, 5.74) is 3.71. The number of nitrogens with one attached hydrogen (secondary N) is 2. The van der Waals surface area contributed by atoms with Crippen molar-refractivity contribution in [3.05, 3.63) is 76.3 Å². The summed E-state index contributed by atoms with van der Waals surface area (Å²) in [6.07, 6.45) is 1.07. The molecule has 0 aliphatic carbocycles. The molecule has 2 aromatic rings. The standard InChI is InChI=1S/C21H19FN2O2S/c1-3-27-20(13(2)14-5-4-6-16(22)11-14)21(26)23-17-8-9-18-15(12-17)7-10-19(25)24-18/h3-6,8-9,11-12H,1,7,10H2,2H3,(H,23,26)(H,24,25)/b20-13+. The van der Waals surface area contributed by atoms with E-state index in [1.165, 1.54) is 23.9 Å². The van der Waals surface area contributed by atoms with Crippen LogP contribution < -0.4 is 10.6 Å². The van der Waals surface area contributed by atoms with Crippen LogP contribution in [-0.2, 0) is 16.0 Å². The van der Waals surface area contributed by atoms with E-state index in [4.69, 9.17) is 0 Å². The van der Waals surface area contributed by atoms with Gasteiger partial charge in [-0.15, -0.1) is 0 Å². The van der Waals surface area contributed by atoms with Gasteiger partial charge in [0.25, 0.3) is 5.91 Å². The number of benzene rings is 2. The molecule has 0 unspecified atom stereocenters. The van der Waals surface area contributed by atoms with Crippen molar-refractivity contribution in [3.8, 4) is 0 Å². The molecular weight excluding hydrogens is 363 g/mol. The zero-order valence-electron chi connectivity index (χ0n) is 14.8. The summed E-state index contributed by atoms with van der Waals surface area (Å²) < 4.78 is 13.5. The second kappa shape index (κ2) is 8.22. The maximum atomic E-state index is 13.5. The predicted molar refractivity (Wildman–Crippen MR) is 109 cm³/mol. The number of halogens is 1. The van der Waals surface area contributed by atoms with Gasteiger partial charge in [-0.3, -0.25) is 9.59 Å². The van der Waals surface area contributed by atoms with Crippen LogP contribution in [0.1, 0.15) is 24.5 Å². The van der Waals surface area contributed by atoms with Gasteiger partial charge in [-0.2, -0.15) is 0 Å². The third kappa shape index (κ3) is 4.46. The lowest BCUT2D eigenvalue weighted by atomic mass is 10.0. The van der Waals surface area contributed by atoms with Gasteiger partial charge < -0.3 is 10.6 Å². The number of aryl methyl sites for hydroxylation is 1. The van der Waals surface area contributed by atoms with Crippen LogP contribution in [0.4, 0.5) is 15.8 Å². The summed E-state index contributed by atoms with van der Waals surface area (Å²) in [5, 5.41) is 7.27. The minimum absolute atomic E-state index is 0.00222. The van der Waals surface area contributed by atoms with Gasteiger partial charge in [0, 0.05) is 17.8 Å². The van der Waals surface area contributed by atoms with Crippen LogP contribution in [0.5, 0.6) is 0 Å². The Labute approximate surface area is 161 Å². The van der Waals surface area contributed by atoms with Crippen LogP contribution in [0.15, 0.2) is 59.4 Å². The SMILES string of the molecule is C=CS/C(C(=O)Nc1ccc2c(c1)CCC(=O)N2)=C(\C)c1cccc(F)c1. The first kappa shape index (κ1) is 18.9. The highest BCUT2D eigenvalue weighted by Gasteiger charge is 2.18. The maximum absolute atomic E-state index is 13.5. The molecule has 0 aromatic heterocycles. The lowest BCUT2D eigenvalue weighted by Gasteiger charge is -2.18. The fourth-order valence-corrected chi connectivity index (χ4v) is 3.52. The van der Waals surface area contributed by atoms with Crippen LogP contribution in [0.2, 0.25) is 0 Å². The minimum atomic E-state index is -0.355. The molecule has 138 valence electrons. The van der Waals surface area contributed by atoms with E-state index in [0.29, 0.717) is 34.6 Å². The molecule has 2 amide bonds.